The minimum atomic E-state index is -0.913. The molecule has 0 aromatic heterocycles. The molecule has 0 heterocycles. The number of carbonyl (C=O) groups is 2. The molecule has 0 aliphatic carbocycles. The van der Waals surface area contributed by atoms with Crippen molar-refractivity contribution in [3.8, 4) is 0 Å². The maximum absolute atomic E-state index is 12.3. The normalized spacial score (nSPS) is 16.3. The summed E-state index contributed by atoms with van der Waals surface area (Å²) in [5.41, 5.74) is 9.66. The SMILES string of the molecule is CC(C)CN(C(N)=O)C(C)(CC(C)C)N=NC(C)(CC(C)C)N(CC(C)C)C(N)=O. The monoisotopic (exact) mass is 426 g/mol. The molecule has 4 N–H and O–H groups in total. The largest absolute Gasteiger partial charge is 0.351 e. The van der Waals surface area contributed by atoms with Crippen molar-refractivity contribution in [3.63, 3.8) is 0 Å². The van der Waals surface area contributed by atoms with Crippen molar-refractivity contribution < 1.29 is 9.59 Å². The summed E-state index contributed by atoms with van der Waals surface area (Å²) in [6.07, 6.45) is 1.20. The van der Waals surface area contributed by atoms with Gasteiger partial charge in [0.2, 0.25) is 0 Å². The van der Waals surface area contributed by atoms with Gasteiger partial charge in [-0.3, -0.25) is 9.80 Å². The fourth-order valence-corrected chi connectivity index (χ4v) is 3.95. The second-order valence-electron chi connectivity index (χ2n) is 10.5. The maximum atomic E-state index is 12.3. The van der Waals surface area contributed by atoms with E-state index >= 15 is 0 Å². The fourth-order valence-electron chi connectivity index (χ4n) is 3.95. The number of primary amides is 2. The number of carbonyl (C=O) groups excluding carboxylic acids is 2. The lowest BCUT2D eigenvalue weighted by Gasteiger charge is -2.42. The first-order valence-corrected chi connectivity index (χ1v) is 11.1. The zero-order valence-electron chi connectivity index (χ0n) is 20.9. The molecule has 0 rings (SSSR count). The van der Waals surface area contributed by atoms with Gasteiger partial charge in [0.15, 0.2) is 11.3 Å². The molecule has 0 fully saturated rings. The average molecular weight is 427 g/mol. The Hall–Kier alpha value is -1.86. The van der Waals surface area contributed by atoms with Gasteiger partial charge < -0.3 is 11.5 Å². The van der Waals surface area contributed by atoms with Crippen LogP contribution in [0.4, 0.5) is 9.59 Å². The third-order valence-corrected chi connectivity index (χ3v) is 4.86. The molecular formula is C22H46N6O2. The fraction of sp³-hybridized carbons (Fsp3) is 0.909. The van der Waals surface area contributed by atoms with Crippen molar-refractivity contribution in [2.45, 2.75) is 93.4 Å². The van der Waals surface area contributed by atoms with Crippen LogP contribution in [0.2, 0.25) is 0 Å². The van der Waals surface area contributed by atoms with Crippen molar-refractivity contribution in [3.05, 3.63) is 0 Å². The van der Waals surface area contributed by atoms with E-state index in [1.807, 2.05) is 41.5 Å². The first-order valence-electron chi connectivity index (χ1n) is 11.1. The molecular weight excluding hydrogens is 380 g/mol. The van der Waals surface area contributed by atoms with Crippen LogP contribution >= 0.6 is 0 Å². The summed E-state index contributed by atoms with van der Waals surface area (Å²) in [5.74, 6) is 0.984. The molecule has 0 aromatic carbocycles. The van der Waals surface area contributed by atoms with E-state index in [1.54, 1.807) is 9.80 Å². The quantitative estimate of drug-likeness (QED) is 0.425. The van der Waals surface area contributed by atoms with Crippen molar-refractivity contribution in [2.24, 2.45) is 45.4 Å². The van der Waals surface area contributed by atoms with Crippen molar-refractivity contribution in [1.82, 2.24) is 9.80 Å². The van der Waals surface area contributed by atoms with Crippen LogP contribution in [0.3, 0.4) is 0 Å². The summed E-state index contributed by atoms with van der Waals surface area (Å²) < 4.78 is 0. The van der Waals surface area contributed by atoms with Crippen LogP contribution in [0.5, 0.6) is 0 Å². The van der Waals surface area contributed by atoms with E-state index in [9.17, 15) is 9.59 Å². The Morgan fingerprint density at radius 3 is 1.10 bits per heavy atom. The van der Waals surface area contributed by atoms with Crippen molar-refractivity contribution in [1.29, 1.82) is 0 Å². The first-order chi connectivity index (χ1) is 13.5. The standard InChI is InChI=1S/C22H46N6O2/c1-15(2)11-21(9,27(19(23)29)13-17(5)6)25-26-22(10,12-16(3)4)28(20(24)30)14-18(7)8/h15-18H,11-14H2,1-10H3,(H2,23,29)(H2,24,30). The Morgan fingerprint density at radius 1 is 0.667 bits per heavy atom. The van der Waals surface area contributed by atoms with E-state index in [-0.39, 0.29) is 23.7 Å². The minimum Gasteiger partial charge on any atom is -0.351 e. The van der Waals surface area contributed by atoms with E-state index < -0.39 is 23.4 Å². The first kappa shape index (κ1) is 28.1. The van der Waals surface area contributed by atoms with E-state index in [1.165, 1.54) is 0 Å². The number of amides is 4. The topological polar surface area (TPSA) is 117 Å². The van der Waals surface area contributed by atoms with Gasteiger partial charge in [0.25, 0.3) is 0 Å². The van der Waals surface area contributed by atoms with Crippen LogP contribution in [-0.4, -0.2) is 46.3 Å². The van der Waals surface area contributed by atoms with Gasteiger partial charge in [0.05, 0.1) is 0 Å². The zero-order valence-corrected chi connectivity index (χ0v) is 20.9. The van der Waals surface area contributed by atoms with Gasteiger partial charge >= 0.3 is 12.1 Å². The van der Waals surface area contributed by atoms with Crippen LogP contribution in [0.25, 0.3) is 0 Å². The van der Waals surface area contributed by atoms with E-state index in [0.29, 0.717) is 25.9 Å². The van der Waals surface area contributed by atoms with Gasteiger partial charge in [0, 0.05) is 13.1 Å². The summed E-state index contributed by atoms with van der Waals surface area (Å²) in [4.78, 5) is 27.8. The van der Waals surface area contributed by atoms with Crippen LogP contribution in [0.1, 0.15) is 82.1 Å². The van der Waals surface area contributed by atoms with Gasteiger partial charge in [-0.15, -0.1) is 0 Å². The molecule has 2 unspecified atom stereocenters. The number of urea groups is 2. The Labute approximate surface area is 183 Å². The number of hydrogen-bond donors (Lipinski definition) is 2. The summed E-state index contributed by atoms with van der Waals surface area (Å²) in [6.45, 7) is 21.1. The molecule has 30 heavy (non-hydrogen) atoms. The Bertz CT molecular complexity index is 540. The summed E-state index contributed by atoms with van der Waals surface area (Å²) in [5, 5.41) is 9.41. The van der Waals surface area contributed by atoms with Gasteiger partial charge in [-0.1, -0.05) is 55.4 Å². The number of azo groups is 1. The summed E-state index contributed by atoms with van der Waals surface area (Å²) in [6, 6.07) is -1.05. The number of nitrogens with zero attached hydrogens (tertiary/aromatic N) is 4. The molecule has 0 aliphatic rings. The Balaban J connectivity index is 6.37. The number of rotatable bonds is 12. The minimum absolute atomic E-state index is 0.226. The Kier molecular flexibility index (Phi) is 10.8. The molecule has 0 aromatic rings. The predicted octanol–water partition coefficient (Wildman–Crippen LogP) is 5.04. The zero-order chi connectivity index (χ0) is 23.9. The lowest BCUT2D eigenvalue weighted by atomic mass is 9.96. The van der Waals surface area contributed by atoms with E-state index in [0.717, 1.165) is 0 Å². The van der Waals surface area contributed by atoms with Crippen LogP contribution in [0, 0.1) is 23.7 Å². The molecule has 4 amide bonds. The van der Waals surface area contributed by atoms with Gasteiger partial charge in [-0.25, -0.2) is 9.59 Å². The molecule has 0 saturated heterocycles. The van der Waals surface area contributed by atoms with Crippen LogP contribution < -0.4 is 11.5 Å². The summed E-state index contributed by atoms with van der Waals surface area (Å²) in [7, 11) is 0. The summed E-state index contributed by atoms with van der Waals surface area (Å²) >= 11 is 0. The maximum Gasteiger partial charge on any atom is 0.316 e. The smallest absolute Gasteiger partial charge is 0.316 e. The van der Waals surface area contributed by atoms with E-state index in [4.69, 9.17) is 21.7 Å². The highest BCUT2D eigenvalue weighted by molar-refractivity contribution is 5.73. The Morgan fingerprint density at radius 2 is 0.933 bits per heavy atom. The molecule has 2 atom stereocenters. The second-order valence-corrected chi connectivity index (χ2v) is 10.5. The third-order valence-electron chi connectivity index (χ3n) is 4.86. The second kappa shape index (κ2) is 11.5. The molecule has 8 heteroatoms. The highest BCUT2D eigenvalue weighted by atomic mass is 16.2. The van der Waals surface area contributed by atoms with E-state index in [2.05, 4.69) is 27.7 Å². The van der Waals surface area contributed by atoms with Crippen molar-refractivity contribution in [2.75, 3.05) is 13.1 Å². The lowest BCUT2D eigenvalue weighted by molar-refractivity contribution is 0.0741. The van der Waals surface area contributed by atoms with Gasteiger partial charge in [-0.2, -0.15) is 10.2 Å². The molecule has 0 saturated carbocycles. The predicted molar refractivity (Wildman–Crippen MR) is 123 cm³/mol. The molecule has 0 aliphatic heterocycles. The molecule has 8 nitrogen and oxygen atoms in total. The third kappa shape index (κ3) is 8.88. The molecule has 0 spiro atoms. The highest BCUT2D eigenvalue weighted by Gasteiger charge is 2.40. The number of hydrogen-bond acceptors (Lipinski definition) is 4. The molecule has 0 radical (unpaired) electrons. The van der Waals surface area contributed by atoms with Crippen molar-refractivity contribution >= 4 is 12.1 Å². The lowest BCUT2D eigenvalue weighted by Crippen LogP contribution is -2.55. The van der Waals surface area contributed by atoms with Gasteiger partial charge in [-0.05, 0) is 50.4 Å². The van der Waals surface area contributed by atoms with Crippen LogP contribution in [-0.2, 0) is 0 Å². The highest BCUT2D eigenvalue weighted by Crippen LogP contribution is 2.32. The van der Waals surface area contributed by atoms with Crippen LogP contribution in [0.15, 0.2) is 10.2 Å². The molecule has 0 bridgehead atoms. The number of nitrogens with two attached hydrogens (primary N) is 2. The average Bonchev–Trinajstić information content (AvgIpc) is 2.53. The molecule has 176 valence electrons. The van der Waals surface area contributed by atoms with Gasteiger partial charge in [0.1, 0.15) is 0 Å².